The van der Waals surface area contributed by atoms with Gasteiger partial charge in [-0.1, -0.05) is 19.1 Å². The summed E-state index contributed by atoms with van der Waals surface area (Å²) in [5.41, 5.74) is 2.22. The van der Waals surface area contributed by atoms with E-state index in [4.69, 9.17) is 10.1 Å². The zero-order valence-corrected chi connectivity index (χ0v) is 13.6. The molecule has 2 rings (SSSR count). The molecule has 0 aliphatic heterocycles. The van der Waals surface area contributed by atoms with Gasteiger partial charge in [0.1, 0.15) is 5.71 Å². The number of benzene rings is 1. The van der Waals surface area contributed by atoms with Gasteiger partial charge in [0.25, 0.3) is 0 Å². The number of esters is 1. The molecule has 1 heterocycles. The number of carbonyl (C=O) groups is 2. The molecule has 124 valence electrons. The van der Waals surface area contributed by atoms with Crippen LogP contribution in [-0.4, -0.2) is 29.6 Å². The highest BCUT2D eigenvalue weighted by Crippen LogP contribution is 2.17. The molecule has 6 nitrogen and oxygen atoms in total. The van der Waals surface area contributed by atoms with Gasteiger partial charge in [-0.3, -0.25) is 15.2 Å². The Labute approximate surface area is 140 Å². The third-order valence-electron chi connectivity index (χ3n) is 3.50. The normalized spacial score (nSPS) is 10.1. The van der Waals surface area contributed by atoms with Crippen molar-refractivity contribution in [1.29, 1.82) is 5.41 Å². The lowest BCUT2D eigenvalue weighted by molar-refractivity contribution is -0.112. The maximum absolute atomic E-state index is 11.8. The molecule has 0 amide bonds. The van der Waals surface area contributed by atoms with Gasteiger partial charge in [0, 0.05) is 24.8 Å². The van der Waals surface area contributed by atoms with E-state index >= 15 is 0 Å². The van der Waals surface area contributed by atoms with E-state index in [1.54, 1.807) is 43.5 Å². The second-order valence-corrected chi connectivity index (χ2v) is 5.09. The molecule has 0 aliphatic carbocycles. The van der Waals surface area contributed by atoms with Gasteiger partial charge >= 0.3 is 5.97 Å². The van der Waals surface area contributed by atoms with Crippen molar-refractivity contribution >= 4 is 23.2 Å². The van der Waals surface area contributed by atoms with Gasteiger partial charge in [0.05, 0.1) is 18.4 Å². The van der Waals surface area contributed by atoms with Crippen LogP contribution < -0.4 is 5.32 Å². The molecule has 2 N–H and O–H groups in total. The first kappa shape index (κ1) is 17.3. The van der Waals surface area contributed by atoms with Crippen LogP contribution in [0.1, 0.15) is 35.0 Å². The first-order valence-corrected chi connectivity index (χ1v) is 7.55. The summed E-state index contributed by atoms with van der Waals surface area (Å²) >= 11 is 0. The Morgan fingerprint density at radius 1 is 1.25 bits per heavy atom. The Bertz CT molecular complexity index is 772. The van der Waals surface area contributed by atoms with Gasteiger partial charge in [0.15, 0.2) is 5.78 Å². The molecule has 2 aromatic rings. The number of pyridine rings is 1. The zero-order chi connectivity index (χ0) is 17.5. The first-order valence-electron chi connectivity index (χ1n) is 7.55. The van der Waals surface area contributed by atoms with E-state index in [2.05, 4.69) is 10.3 Å². The number of methoxy groups -OCH3 is 1. The van der Waals surface area contributed by atoms with Crippen LogP contribution in [0.25, 0.3) is 0 Å². The number of rotatable bonds is 7. The van der Waals surface area contributed by atoms with Crippen LogP contribution in [0.5, 0.6) is 0 Å². The summed E-state index contributed by atoms with van der Waals surface area (Å²) in [4.78, 5) is 27.5. The van der Waals surface area contributed by atoms with E-state index < -0.39 is 5.97 Å². The van der Waals surface area contributed by atoms with Crippen LogP contribution >= 0.6 is 0 Å². The molecule has 24 heavy (non-hydrogen) atoms. The molecule has 0 aliphatic rings. The van der Waals surface area contributed by atoms with Gasteiger partial charge in [-0.2, -0.15) is 0 Å². The minimum atomic E-state index is -0.413. The molecule has 0 saturated heterocycles. The van der Waals surface area contributed by atoms with Crippen molar-refractivity contribution in [2.24, 2.45) is 0 Å². The summed E-state index contributed by atoms with van der Waals surface area (Å²) in [6.07, 6.45) is 1.84. The van der Waals surface area contributed by atoms with E-state index in [0.29, 0.717) is 23.5 Å². The van der Waals surface area contributed by atoms with E-state index in [-0.39, 0.29) is 17.9 Å². The number of Topliss-reactive ketones (excluding diaryl/α,β-unsaturated/α-hetero) is 1. The molecule has 0 fully saturated rings. The van der Waals surface area contributed by atoms with E-state index in [1.807, 2.05) is 6.07 Å². The number of nitrogens with zero attached hydrogens (tertiary/aromatic N) is 1. The first-order chi connectivity index (χ1) is 11.6. The quantitative estimate of drug-likeness (QED) is 0.603. The maximum atomic E-state index is 11.8. The standard InChI is InChI=1S/C18H19N3O3/c1-3-16(22)17(19)15-10-12(8-9-20-15)11-21-14-7-5-4-6-13(14)18(23)24-2/h4-10,19,21H,3,11H2,1-2H3. The summed E-state index contributed by atoms with van der Waals surface area (Å²) in [5, 5.41) is 11.0. The van der Waals surface area contributed by atoms with Crippen LogP contribution in [-0.2, 0) is 16.1 Å². The molecule has 1 aromatic heterocycles. The highest BCUT2D eigenvalue weighted by Gasteiger charge is 2.13. The number of para-hydroxylation sites is 1. The minimum Gasteiger partial charge on any atom is -0.465 e. The Hall–Kier alpha value is -3.02. The average molecular weight is 325 g/mol. The van der Waals surface area contributed by atoms with Crippen LogP contribution in [0.2, 0.25) is 0 Å². The number of carbonyl (C=O) groups excluding carboxylic acids is 2. The van der Waals surface area contributed by atoms with Gasteiger partial charge < -0.3 is 10.1 Å². The molecular formula is C18H19N3O3. The van der Waals surface area contributed by atoms with Gasteiger partial charge in [-0.15, -0.1) is 0 Å². The average Bonchev–Trinajstić information content (AvgIpc) is 2.64. The van der Waals surface area contributed by atoms with Gasteiger partial charge in [-0.05, 0) is 29.8 Å². The molecule has 1 aromatic carbocycles. The van der Waals surface area contributed by atoms with E-state index in [1.165, 1.54) is 7.11 Å². The predicted octanol–water partition coefficient (Wildman–Crippen LogP) is 2.83. The van der Waals surface area contributed by atoms with Crippen LogP contribution in [0.15, 0.2) is 42.6 Å². The Kier molecular flexibility index (Phi) is 5.78. The molecule has 0 spiro atoms. The lowest BCUT2D eigenvalue weighted by Gasteiger charge is -2.11. The smallest absolute Gasteiger partial charge is 0.339 e. The molecule has 0 bridgehead atoms. The largest absolute Gasteiger partial charge is 0.465 e. The Morgan fingerprint density at radius 2 is 2.00 bits per heavy atom. The van der Waals surface area contributed by atoms with Crippen molar-refractivity contribution < 1.29 is 14.3 Å². The Balaban J connectivity index is 2.15. The molecule has 0 unspecified atom stereocenters. The highest BCUT2D eigenvalue weighted by molar-refractivity contribution is 6.44. The van der Waals surface area contributed by atoms with Crippen molar-refractivity contribution in [3.05, 3.63) is 59.4 Å². The number of anilines is 1. The topological polar surface area (TPSA) is 92.1 Å². The van der Waals surface area contributed by atoms with Gasteiger partial charge in [0.2, 0.25) is 0 Å². The van der Waals surface area contributed by atoms with Crippen molar-refractivity contribution in [1.82, 2.24) is 4.98 Å². The zero-order valence-electron chi connectivity index (χ0n) is 13.6. The fourth-order valence-electron chi connectivity index (χ4n) is 2.16. The van der Waals surface area contributed by atoms with Crippen LogP contribution in [0.4, 0.5) is 5.69 Å². The van der Waals surface area contributed by atoms with E-state index in [9.17, 15) is 9.59 Å². The lowest BCUT2D eigenvalue weighted by atomic mass is 10.1. The molecule has 0 radical (unpaired) electrons. The number of hydrogen-bond donors (Lipinski definition) is 2. The van der Waals surface area contributed by atoms with Crippen molar-refractivity contribution in [3.8, 4) is 0 Å². The monoisotopic (exact) mass is 325 g/mol. The molecule has 0 saturated carbocycles. The van der Waals surface area contributed by atoms with E-state index in [0.717, 1.165) is 5.56 Å². The lowest BCUT2D eigenvalue weighted by Crippen LogP contribution is -2.15. The number of nitrogens with one attached hydrogen (secondary N) is 2. The SMILES string of the molecule is CCC(=O)C(=N)c1cc(CNc2ccccc2C(=O)OC)ccn1. The van der Waals surface area contributed by atoms with Gasteiger partial charge in [-0.25, -0.2) is 4.79 Å². The molecule has 0 atom stereocenters. The Morgan fingerprint density at radius 3 is 2.71 bits per heavy atom. The third kappa shape index (κ3) is 4.04. The summed E-state index contributed by atoms with van der Waals surface area (Å²) in [5.74, 6) is -0.660. The second-order valence-electron chi connectivity index (χ2n) is 5.09. The van der Waals surface area contributed by atoms with Crippen LogP contribution in [0, 0.1) is 5.41 Å². The number of ether oxygens (including phenoxy) is 1. The number of ketones is 1. The summed E-state index contributed by atoms with van der Waals surface area (Å²) in [6, 6.07) is 10.5. The number of hydrogen-bond acceptors (Lipinski definition) is 6. The minimum absolute atomic E-state index is 0.0886. The number of aromatic nitrogens is 1. The maximum Gasteiger partial charge on any atom is 0.339 e. The summed E-state index contributed by atoms with van der Waals surface area (Å²) in [6.45, 7) is 2.14. The third-order valence-corrected chi connectivity index (χ3v) is 3.50. The second kappa shape index (κ2) is 8.01. The summed E-state index contributed by atoms with van der Waals surface area (Å²) in [7, 11) is 1.34. The van der Waals surface area contributed by atoms with Crippen molar-refractivity contribution in [3.63, 3.8) is 0 Å². The van der Waals surface area contributed by atoms with Crippen LogP contribution in [0.3, 0.4) is 0 Å². The fourth-order valence-corrected chi connectivity index (χ4v) is 2.16. The fraction of sp³-hybridized carbons (Fsp3) is 0.222. The molecular weight excluding hydrogens is 306 g/mol. The highest BCUT2D eigenvalue weighted by atomic mass is 16.5. The van der Waals surface area contributed by atoms with Crippen molar-refractivity contribution in [2.45, 2.75) is 19.9 Å². The molecule has 6 heteroatoms. The van der Waals surface area contributed by atoms with Crippen molar-refractivity contribution in [2.75, 3.05) is 12.4 Å². The summed E-state index contributed by atoms with van der Waals surface area (Å²) < 4.78 is 4.76. The predicted molar refractivity (Wildman–Crippen MR) is 91.5 cm³/mol.